The Hall–Kier alpha value is -0.930. The van der Waals surface area contributed by atoms with E-state index in [1.165, 1.54) is 43.5 Å². The Labute approximate surface area is 117 Å². The molecule has 0 spiro atoms. The van der Waals surface area contributed by atoms with Crippen molar-refractivity contribution in [2.45, 2.75) is 45.6 Å². The summed E-state index contributed by atoms with van der Waals surface area (Å²) >= 11 is 0. The largest absolute Gasteiger partial charge is 0.309 e. The number of pyridine rings is 1. The van der Waals surface area contributed by atoms with Crippen LogP contribution in [0.4, 0.5) is 0 Å². The first-order valence-corrected chi connectivity index (χ1v) is 7.74. The summed E-state index contributed by atoms with van der Waals surface area (Å²) in [7, 11) is 0. The maximum Gasteiger partial charge on any atom is 0.0605 e. The zero-order chi connectivity index (χ0) is 13.5. The molecule has 0 saturated heterocycles. The fourth-order valence-corrected chi connectivity index (χ4v) is 2.93. The molecule has 3 nitrogen and oxygen atoms in total. The van der Waals surface area contributed by atoms with E-state index in [2.05, 4.69) is 41.2 Å². The minimum Gasteiger partial charge on any atom is -0.309 e. The number of nitrogens with one attached hydrogen (secondary N) is 1. The summed E-state index contributed by atoms with van der Waals surface area (Å²) in [6.07, 6.45) is 6.86. The molecule has 106 valence electrons. The molecule has 0 aliphatic heterocycles. The first kappa shape index (κ1) is 14.5. The number of aromatic nitrogens is 1. The Bertz CT molecular complexity index is 374. The molecule has 1 atom stereocenters. The Morgan fingerprint density at radius 2 is 2.21 bits per heavy atom. The quantitative estimate of drug-likeness (QED) is 0.765. The molecule has 0 amide bonds. The summed E-state index contributed by atoms with van der Waals surface area (Å²) in [5.74, 6) is 0. The molecular formula is C16H27N3. The SMILES string of the molecule is CCN(CC)CCCNC1CCCc2cccnc21. The van der Waals surface area contributed by atoms with E-state index in [0.717, 1.165) is 19.6 Å². The third-order valence-corrected chi connectivity index (χ3v) is 4.13. The van der Waals surface area contributed by atoms with Gasteiger partial charge in [-0.3, -0.25) is 4.98 Å². The van der Waals surface area contributed by atoms with Gasteiger partial charge in [0.05, 0.1) is 5.69 Å². The van der Waals surface area contributed by atoms with Crippen molar-refractivity contribution < 1.29 is 0 Å². The standard InChI is InChI=1S/C16H27N3/c1-3-19(4-2)13-7-12-17-15-10-5-8-14-9-6-11-18-16(14)15/h6,9,11,15,17H,3-5,7-8,10,12-13H2,1-2H3. The second-order valence-corrected chi connectivity index (χ2v) is 5.33. The van der Waals surface area contributed by atoms with Gasteiger partial charge < -0.3 is 10.2 Å². The summed E-state index contributed by atoms with van der Waals surface area (Å²) in [5, 5.41) is 3.69. The van der Waals surface area contributed by atoms with Gasteiger partial charge in [-0.15, -0.1) is 0 Å². The molecule has 0 radical (unpaired) electrons. The minimum atomic E-state index is 0.474. The Kier molecular flexibility index (Phi) is 5.80. The average molecular weight is 261 g/mol. The monoisotopic (exact) mass is 261 g/mol. The maximum absolute atomic E-state index is 4.57. The maximum atomic E-state index is 4.57. The van der Waals surface area contributed by atoms with Crippen molar-refractivity contribution in [1.82, 2.24) is 15.2 Å². The molecule has 1 N–H and O–H groups in total. The van der Waals surface area contributed by atoms with Crippen LogP contribution in [0.1, 0.15) is 50.4 Å². The van der Waals surface area contributed by atoms with Crippen LogP contribution >= 0.6 is 0 Å². The van der Waals surface area contributed by atoms with Gasteiger partial charge >= 0.3 is 0 Å². The highest BCUT2D eigenvalue weighted by Crippen LogP contribution is 2.27. The van der Waals surface area contributed by atoms with E-state index in [0.29, 0.717) is 6.04 Å². The zero-order valence-electron chi connectivity index (χ0n) is 12.4. The van der Waals surface area contributed by atoms with E-state index in [1.54, 1.807) is 0 Å². The molecular weight excluding hydrogens is 234 g/mol. The molecule has 0 aromatic carbocycles. The normalized spacial score (nSPS) is 18.6. The second kappa shape index (κ2) is 7.61. The van der Waals surface area contributed by atoms with Gasteiger partial charge in [-0.25, -0.2) is 0 Å². The first-order chi connectivity index (χ1) is 9.35. The van der Waals surface area contributed by atoms with E-state index >= 15 is 0 Å². The van der Waals surface area contributed by atoms with Gasteiger partial charge in [-0.1, -0.05) is 19.9 Å². The highest BCUT2D eigenvalue weighted by Gasteiger charge is 2.20. The number of hydrogen-bond acceptors (Lipinski definition) is 3. The summed E-state index contributed by atoms with van der Waals surface area (Å²) in [6, 6.07) is 4.76. The zero-order valence-corrected chi connectivity index (χ0v) is 12.4. The molecule has 1 unspecified atom stereocenters. The summed E-state index contributed by atoms with van der Waals surface area (Å²) in [6.45, 7) is 9.07. The number of hydrogen-bond donors (Lipinski definition) is 1. The third kappa shape index (κ3) is 4.02. The predicted octanol–water partition coefficient (Wildman–Crippen LogP) is 2.78. The topological polar surface area (TPSA) is 28.2 Å². The van der Waals surface area contributed by atoms with Crippen LogP contribution in [0.5, 0.6) is 0 Å². The number of fused-ring (bicyclic) bond motifs is 1. The van der Waals surface area contributed by atoms with E-state index in [-0.39, 0.29) is 0 Å². The molecule has 1 aromatic rings. The molecule has 1 aromatic heterocycles. The third-order valence-electron chi connectivity index (χ3n) is 4.13. The van der Waals surface area contributed by atoms with Crippen LogP contribution in [0.3, 0.4) is 0 Å². The predicted molar refractivity (Wildman–Crippen MR) is 80.3 cm³/mol. The summed E-state index contributed by atoms with van der Waals surface area (Å²) in [5.41, 5.74) is 2.73. The van der Waals surface area contributed by atoms with Crippen molar-refractivity contribution in [2.24, 2.45) is 0 Å². The van der Waals surface area contributed by atoms with Gasteiger partial charge in [0.25, 0.3) is 0 Å². The smallest absolute Gasteiger partial charge is 0.0605 e. The van der Waals surface area contributed by atoms with E-state index in [1.807, 2.05) is 6.20 Å². The second-order valence-electron chi connectivity index (χ2n) is 5.33. The van der Waals surface area contributed by atoms with E-state index in [4.69, 9.17) is 0 Å². The van der Waals surface area contributed by atoms with Crippen molar-refractivity contribution in [3.63, 3.8) is 0 Å². The van der Waals surface area contributed by atoms with Gasteiger partial charge in [-0.05, 0) is 63.5 Å². The minimum absolute atomic E-state index is 0.474. The molecule has 1 heterocycles. The molecule has 19 heavy (non-hydrogen) atoms. The van der Waals surface area contributed by atoms with Gasteiger partial charge in [0.15, 0.2) is 0 Å². The van der Waals surface area contributed by atoms with Crippen LogP contribution in [0.15, 0.2) is 18.3 Å². The highest BCUT2D eigenvalue weighted by atomic mass is 15.1. The Morgan fingerprint density at radius 3 is 3.00 bits per heavy atom. The summed E-state index contributed by atoms with van der Waals surface area (Å²) < 4.78 is 0. The lowest BCUT2D eigenvalue weighted by Gasteiger charge is -2.26. The van der Waals surface area contributed by atoms with E-state index in [9.17, 15) is 0 Å². The molecule has 0 bridgehead atoms. The first-order valence-electron chi connectivity index (χ1n) is 7.74. The van der Waals surface area contributed by atoms with Gasteiger partial charge in [0.1, 0.15) is 0 Å². The van der Waals surface area contributed by atoms with Gasteiger partial charge in [-0.2, -0.15) is 0 Å². The van der Waals surface area contributed by atoms with Crippen molar-refractivity contribution in [1.29, 1.82) is 0 Å². The summed E-state index contributed by atoms with van der Waals surface area (Å²) in [4.78, 5) is 7.05. The van der Waals surface area contributed by atoms with Crippen molar-refractivity contribution in [2.75, 3.05) is 26.2 Å². The van der Waals surface area contributed by atoms with Gasteiger partial charge in [0.2, 0.25) is 0 Å². The van der Waals surface area contributed by atoms with Crippen LogP contribution in [-0.2, 0) is 6.42 Å². The molecule has 2 rings (SSSR count). The van der Waals surface area contributed by atoms with Crippen molar-refractivity contribution in [3.05, 3.63) is 29.6 Å². The molecule has 1 aliphatic rings. The van der Waals surface area contributed by atoms with Crippen LogP contribution in [-0.4, -0.2) is 36.1 Å². The van der Waals surface area contributed by atoms with E-state index < -0.39 is 0 Å². The van der Waals surface area contributed by atoms with Gasteiger partial charge in [0, 0.05) is 12.2 Å². The molecule has 3 heteroatoms. The van der Waals surface area contributed by atoms with Crippen LogP contribution in [0, 0.1) is 0 Å². The molecule has 1 aliphatic carbocycles. The fraction of sp³-hybridized carbons (Fsp3) is 0.688. The fourth-order valence-electron chi connectivity index (χ4n) is 2.93. The molecule has 0 fully saturated rings. The Balaban J connectivity index is 1.78. The van der Waals surface area contributed by atoms with Crippen LogP contribution < -0.4 is 5.32 Å². The number of rotatable bonds is 7. The average Bonchev–Trinajstić information content (AvgIpc) is 2.47. The van der Waals surface area contributed by atoms with Crippen LogP contribution in [0.2, 0.25) is 0 Å². The number of nitrogens with zero attached hydrogens (tertiary/aromatic N) is 2. The Morgan fingerprint density at radius 1 is 1.37 bits per heavy atom. The number of aryl methyl sites for hydroxylation is 1. The molecule has 0 saturated carbocycles. The van der Waals surface area contributed by atoms with Crippen molar-refractivity contribution >= 4 is 0 Å². The van der Waals surface area contributed by atoms with Crippen LogP contribution in [0.25, 0.3) is 0 Å². The lowest BCUT2D eigenvalue weighted by atomic mass is 9.92. The lowest BCUT2D eigenvalue weighted by molar-refractivity contribution is 0.294. The van der Waals surface area contributed by atoms with Crippen molar-refractivity contribution in [3.8, 4) is 0 Å². The lowest BCUT2D eigenvalue weighted by Crippen LogP contribution is -2.30. The highest BCUT2D eigenvalue weighted by molar-refractivity contribution is 5.25.